The molecule has 0 radical (unpaired) electrons. The van der Waals surface area contributed by atoms with Crippen LogP contribution in [0, 0.1) is 0 Å². The van der Waals surface area contributed by atoms with Crippen molar-refractivity contribution in [3.05, 3.63) is 0 Å². The maximum Gasteiger partial charge on any atom is 0.505 e. The minimum atomic E-state index is -4.24. The van der Waals surface area contributed by atoms with Crippen LogP contribution in [0.1, 0.15) is 0 Å². The fourth-order valence-corrected chi connectivity index (χ4v) is 1.52. The van der Waals surface area contributed by atoms with Crippen LogP contribution in [-0.4, -0.2) is 56.8 Å². The third-order valence-corrected chi connectivity index (χ3v) is 2.91. The van der Waals surface area contributed by atoms with Crippen LogP contribution in [-0.2, 0) is 18.8 Å². The molecule has 0 saturated carbocycles. The number of nitrogens with zero attached hydrogens (tertiary/aromatic N) is 2. The second kappa shape index (κ2) is 5.42. The summed E-state index contributed by atoms with van der Waals surface area (Å²) in [6.07, 6.45) is 0. The molecule has 0 N–H and O–H groups in total. The standard InChI is InChI=1S/C6H12N2O4S3/c1-7(2)5(13)11-15(9,10)12-6(14)8(3)4/h1-4H3. The molecule has 15 heavy (non-hydrogen) atoms. The predicted molar refractivity (Wildman–Crippen MR) is 63.7 cm³/mol. The largest absolute Gasteiger partial charge is 0.505 e. The molecule has 0 atom stereocenters. The van der Waals surface area contributed by atoms with E-state index in [1.54, 1.807) is 28.2 Å². The molecule has 0 aromatic heterocycles. The van der Waals surface area contributed by atoms with E-state index in [4.69, 9.17) is 0 Å². The van der Waals surface area contributed by atoms with Gasteiger partial charge in [0.2, 0.25) is 0 Å². The topological polar surface area (TPSA) is 59.1 Å². The van der Waals surface area contributed by atoms with E-state index in [9.17, 15) is 8.42 Å². The van der Waals surface area contributed by atoms with Gasteiger partial charge < -0.3 is 18.2 Å². The zero-order valence-electron chi connectivity index (χ0n) is 8.75. The lowest BCUT2D eigenvalue weighted by atomic mass is 10.9. The SMILES string of the molecule is CN(C)C(=S)OS(=O)(=O)OC(=S)N(C)C. The first kappa shape index (κ1) is 14.3. The monoisotopic (exact) mass is 272 g/mol. The van der Waals surface area contributed by atoms with Crippen molar-refractivity contribution in [2.75, 3.05) is 28.2 Å². The number of hydrogen-bond donors (Lipinski definition) is 0. The van der Waals surface area contributed by atoms with Gasteiger partial charge in [0, 0.05) is 28.2 Å². The summed E-state index contributed by atoms with van der Waals surface area (Å²) in [5.74, 6) is 0. The highest BCUT2D eigenvalue weighted by molar-refractivity contribution is 7.87. The predicted octanol–water partition coefficient (Wildman–Crippen LogP) is -0.0426. The van der Waals surface area contributed by atoms with Crippen LogP contribution in [0.15, 0.2) is 0 Å². The molecule has 0 amide bonds. The molecule has 6 nitrogen and oxygen atoms in total. The van der Waals surface area contributed by atoms with Crippen LogP contribution < -0.4 is 0 Å². The van der Waals surface area contributed by atoms with E-state index >= 15 is 0 Å². The fourth-order valence-electron chi connectivity index (χ4n) is 0.341. The molecular formula is C6H12N2O4S3. The molecule has 0 aliphatic carbocycles. The van der Waals surface area contributed by atoms with E-state index in [2.05, 4.69) is 32.8 Å². The van der Waals surface area contributed by atoms with Crippen molar-refractivity contribution in [1.82, 2.24) is 9.80 Å². The summed E-state index contributed by atoms with van der Waals surface area (Å²) in [5.41, 5.74) is 0. The van der Waals surface area contributed by atoms with E-state index in [0.717, 1.165) is 0 Å². The van der Waals surface area contributed by atoms with E-state index in [0.29, 0.717) is 0 Å². The third kappa shape index (κ3) is 5.70. The average molecular weight is 272 g/mol. The Bertz CT molecular complexity index is 321. The number of thiocarbonyl (C=S) groups is 2. The second-order valence-electron chi connectivity index (χ2n) is 2.90. The molecule has 9 heteroatoms. The summed E-state index contributed by atoms with van der Waals surface area (Å²) in [7, 11) is 1.94. The lowest BCUT2D eigenvalue weighted by Crippen LogP contribution is -2.30. The molecule has 0 saturated heterocycles. The van der Waals surface area contributed by atoms with Crippen molar-refractivity contribution in [2.45, 2.75) is 0 Å². The van der Waals surface area contributed by atoms with Crippen LogP contribution >= 0.6 is 24.4 Å². The molecule has 0 aromatic carbocycles. The van der Waals surface area contributed by atoms with Gasteiger partial charge in [-0.05, 0) is 24.4 Å². The van der Waals surface area contributed by atoms with Crippen LogP contribution in [0.5, 0.6) is 0 Å². The summed E-state index contributed by atoms with van der Waals surface area (Å²) < 4.78 is 31.2. The van der Waals surface area contributed by atoms with E-state index in [1.165, 1.54) is 9.80 Å². The first-order chi connectivity index (χ1) is 6.65. The molecule has 0 spiro atoms. The van der Waals surface area contributed by atoms with Crippen molar-refractivity contribution in [3.63, 3.8) is 0 Å². The van der Waals surface area contributed by atoms with Crippen molar-refractivity contribution >= 4 is 45.2 Å². The van der Waals surface area contributed by atoms with Crippen molar-refractivity contribution < 1.29 is 16.8 Å². The summed E-state index contributed by atoms with van der Waals surface area (Å²) >= 11 is 9.26. The van der Waals surface area contributed by atoms with E-state index in [1.807, 2.05) is 0 Å². The average Bonchev–Trinajstić information content (AvgIpc) is 2.01. The molecule has 0 aromatic rings. The minimum absolute atomic E-state index is 0.225. The maximum absolute atomic E-state index is 11.2. The van der Waals surface area contributed by atoms with Crippen LogP contribution in [0.25, 0.3) is 0 Å². The van der Waals surface area contributed by atoms with Crippen LogP contribution in [0.4, 0.5) is 0 Å². The molecule has 0 bridgehead atoms. The highest BCUT2D eigenvalue weighted by Gasteiger charge is 2.20. The Labute approximate surface area is 100 Å². The molecule has 0 rings (SSSR count). The lowest BCUT2D eigenvalue weighted by Gasteiger charge is -2.16. The van der Waals surface area contributed by atoms with Crippen molar-refractivity contribution in [2.24, 2.45) is 0 Å². The number of rotatable bonds is 2. The van der Waals surface area contributed by atoms with Crippen molar-refractivity contribution in [1.29, 1.82) is 0 Å². The van der Waals surface area contributed by atoms with Gasteiger partial charge >= 0.3 is 10.4 Å². The first-order valence-corrected chi connectivity index (χ1v) is 5.87. The summed E-state index contributed by atoms with van der Waals surface area (Å²) in [6, 6.07) is 0. The number of hydrogen-bond acceptors (Lipinski definition) is 6. The minimum Gasteiger partial charge on any atom is -0.338 e. The zero-order chi connectivity index (χ0) is 12.2. The summed E-state index contributed by atoms with van der Waals surface area (Å²) in [4.78, 5) is 2.63. The highest BCUT2D eigenvalue weighted by atomic mass is 32.3. The van der Waals surface area contributed by atoms with E-state index in [-0.39, 0.29) is 10.3 Å². The smallest absolute Gasteiger partial charge is 0.338 e. The van der Waals surface area contributed by atoms with Crippen LogP contribution in [0.2, 0.25) is 0 Å². The van der Waals surface area contributed by atoms with Gasteiger partial charge in [0.05, 0.1) is 0 Å². The van der Waals surface area contributed by atoms with Gasteiger partial charge in [-0.15, -0.1) is 8.42 Å². The Morgan fingerprint density at radius 1 is 0.933 bits per heavy atom. The van der Waals surface area contributed by atoms with Gasteiger partial charge in [-0.1, -0.05) is 0 Å². The Morgan fingerprint density at radius 3 is 1.40 bits per heavy atom. The van der Waals surface area contributed by atoms with Gasteiger partial charge in [-0.3, -0.25) is 0 Å². The maximum atomic E-state index is 11.2. The molecule has 88 valence electrons. The fraction of sp³-hybridized carbons (Fsp3) is 0.667. The summed E-state index contributed by atoms with van der Waals surface area (Å²) in [6.45, 7) is 0. The lowest BCUT2D eigenvalue weighted by molar-refractivity contribution is 0.343. The van der Waals surface area contributed by atoms with Crippen LogP contribution in [0.3, 0.4) is 0 Å². The molecule has 0 aliphatic heterocycles. The Kier molecular flexibility index (Phi) is 5.18. The normalized spacial score (nSPS) is 10.4. The van der Waals surface area contributed by atoms with Gasteiger partial charge in [0.15, 0.2) is 0 Å². The van der Waals surface area contributed by atoms with Gasteiger partial charge in [0.1, 0.15) is 0 Å². The quantitative estimate of drug-likeness (QED) is 0.649. The Balaban J connectivity index is 4.46. The second-order valence-corrected chi connectivity index (χ2v) is 4.74. The Morgan fingerprint density at radius 2 is 1.20 bits per heavy atom. The third-order valence-electron chi connectivity index (χ3n) is 1.08. The van der Waals surface area contributed by atoms with Crippen molar-refractivity contribution in [3.8, 4) is 0 Å². The molecule has 0 heterocycles. The van der Waals surface area contributed by atoms with Gasteiger partial charge in [0.25, 0.3) is 10.3 Å². The highest BCUT2D eigenvalue weighted by Crippen LogP contribution is 2.02. The molecule has 0 aliphatic rings. The molecular weight excluding hydrogens is 260 g/mol. The molecule has 0 fully saturated rings. The summed E-state index contributed by atoms with van der Waals surface area (Å²) in [5, 5.41) is -0.451. The van der Waals surface area contributed by atoms with Gasteiger partial charge in [-0.25, -0.2) is 0 Å². The zero-order valence-corrected chi connectivity index (χ0v) is 11.2. The van der Waals surface area contributed by atoms with Gasteiger partial charge in [-0.2, -0.15) is 0 Å². The molecule has 0 unspecified atom stereocenters. The van der Waals surface area contributed by atoms with E-state index < -0.39 is 10.4 Å². The first-order valence-electron chi connectivity index (χ1n) is 3.72. The Hall–Kier alpha value is -0.670.